The predicted octanol–water partition coefficient (Wildman–Crippen LogP) is 4.61. The van der Waals surface area contributed by atoms with E-state index in [-0.39, 0.29) is 0 Å². The SMILES string of the molecule is C1=CCCCCC[C@H]2O[C@H]2CCCCCC1. The lowest BCUT2D eigenvalue weighted by Gasteiger charge is -1.97. The Morgan fingerprint density at radius 2 is 1.12 bits per heavy atom. The zero-order valence-corrected chi connectivity index (χ0v) is 10.5. The summed E-state index contributed by atoms with van der Waals surface area (Å²) in [5, 5.41) is 0. The van der Waals surface area contributed by atoms with Crippen molar-refractivity contribution >= 4 is 0 Å². The summed E-state index contributed by atoms with van der Waals surface area (Å²) in [5.74, 6) is 0. The highest BCUT2D eigenvalue weighted by Gasteiger charge is 2.36. The Labute approximate surface area is 100 Å². The number of fused-ring (bicyclic) bond motifs is 1. The van der Waals surface area contributed by atoms with Gasteiger partial charge in [0.05, 0.1) is 12.2 Å². The van der Waals surface area contributed by atoms with Crippen molar-refractivity contribution in [1.82, 2.24) is 0 Å². The minimum Gasteiger partial charge on any atom is -0.370 e. The van der Waals surface area contributed by atoms with Gasteiger partial charge in [-0.2, -0.15) is 0 Å². The summed E-state index contributed by atoms with van der Waals surface area (Å²) in [4.78, 5) is 0. The molecule has 0 aromatic rings. The summed E-state index contributed by atoms with van der Waals surface area (Å²) < 4.78 is 5.70. The molecule has 2 atom stereocenters. The summed E-state index contributed by atoms with van der Waals surface area (Å²) in [7, 11) is 0. The number of ether oxygens (including phenoxy) is 1. The molecular formula is C15H26O. The molecule has 2 aliphatic rings. The molecule has 1 aliphatic carbocycles. The first-order valence-corrected chi connectivity index (χ1v) is 7.27. The van der Waals surface area contributed by atoms with E-state index in [1.165, 1.54) is 70.6 Å². The average molecular weight is 222 g/mol. The maximum Gasteiger partial charge on any atom is 0.0841 e. The largest absolute Gasteiger partial charge is 0.370 e. The fourth-order valence-corrected chi connectivity index (χ4v) is 2.67. The quantitative estimate of drug-likeness (QED) is 0.430. The molecular weight excluding hydrogens is 196 g/mol. The molecule has 1 saturated heterocycles. The van der Waals surface area contributed by atoms with Crippen molar-refractivity contribution in [2.45, 2.75) is 82.8 Å². The molecule has 16 heavy (non-hydrogen) atoms. The van der Waals surface area contributed by atoms with E-state index in [4.69, 9.17) is 4.74 Å². The average Bonchev–Trinajstić information content (AvgIpc) is 3.02. The second kappa shape index (κ2) is 7.11. The van der Waals surface area contributed by atoms with E-state index >= 15 is 0 Å². The lowest BCUT2D eigenvalue weighted by Crippen LogP contribution is -1.94. The van der Waals surface area contributed by atoms with Crippen molar-refractivity contribution in [1.29, 1.82) is 0 Å². The Morgan fingerprint density at radius 3 is 1.75 bits per heavy atom. The van der Waals surface area contributed by atoms with Crippen molar-refractivity contribution in [3.8, 4) is 0 Å². The van der Waals surface area contributed by atoms with Gasteiger partial charge in [0.2, 0.25) is 0 Å². The number of hydrogen-bond acceptors (Lipinski definition) is 1. The second-order valence-corrected chi connectivity index (χ2v) is 5.31. The number of epoxide rings is 1. The standard InChI is InChI=1S/C15H26O/c1-2-4-6-8-10-12-14-15(16-14)13-11-9-7-5-3-1/h1-2,14-15H,3-13H2/t14-,15+/m1/s1. The maximum atomic E-state index is 5.70. The van der Waals surface area contributed by atoms with Crippen molar-refractivity contribution in [2.24, 2.45) is 0 Å². The van der Waals surface area contributed by atoms with Crippen LogP contribution in [0.25, 0.3) is 0 Å². The summed E-state index contributed by atoms with van der Waals surface area (Å²) in [5.41, 5.74) is 0. The summed E-state index contributed by atoms with van der Waals surface area (Å²) in [6.45, 7) is 0. The van der Waals surface area contributed by atoms with Crippen LogP contribution in [0.1, 0.15) is 70.6 Å². The molecule has 0 N–H and O–H groups in total. The summed E-state index contributed by atoms with van der Waals surface area (Å²) in [6, 6.07) is 0. The third-order valence-electron chi connectivity index (χ3n) is 3.82. The van der Waals surface area contributed by atoms with Gasteiger partial charge in [0.15, 0.2) is 0 Å². The van der Waals surface area contributed by atoms with Gasteiger partial charge < -0.3 is 4.74 Å². The first-order chi connectivity index (χ1) is 7.97. The molecule has 1 aliphatic heterocycles. The monoisotopic (exact) mass is 222 g/mol. The van der Waals surface area contributed by atoms with Gasteiger partial charge in [0, 0.05) is 0 Å². The molecule has 0 radical (unpaired) electrons. The van der Waals surface area contributed by atoms with E-state index in [1.54, 1.807) is 0 Å². The van der Waals surface area contributed by atoms with Crippen molar-refractivity contribution in [3.63, 3.8) is 0 Å². The highest BCUT2D eigenvalue weighted by Crippen LogP contribution is 2.31. The number of allylic oxidation sites excluding steroid dienone is 2. The molecule has 0 saturated carbocycles. The van der Waals surface area contributed by atoms with Crippen molar-refractivity contribution < 1.29 is 4.74 Å². The van der Waals surface area contributed by atoms with Crippen LogP contribution in [-0.4, -0.2) is 12.2 Å². The molecule has 92 valence electrons. The normalized spacial score (nSPS) is 33.5. The van der Waals surface area contributed by atoms with Crippen LogP contribution >= 0.6 is 0 Å². The van der Waals surface area contributed by atoms with Crippen LogP contribution in [0.15, 0.2) is 12.2 Å². The summed E-state index contributed by atoms with van der Waals surface area (Å²) in [6.07, 6.45) is 21.0. The van der Waals surface area contributed by atoms with Crippen LogP contribution in [-0.2, 0) is 4.74 Å². The van der Waals surface area contributed by atoms with Crippen LogP contribution in [0, 0.1) is 0 Å². The fourth-order valence-electron chi connectivity index (χ4n) is 2.67. The lowest BCUT2D eigenvalue weighted by atomic mass is 10.1. The van der Waals surface area contributed by atoms with E-state index in [0.29, 0.717) is 12.2 Å². The van der Waals surface area contributed by atoms with Crippen molar-refractivity contribution in [2.75, 3.05) is 0 Å². The van der Waals surface area contributed by atoms with Crippen LogP contribution < -0.4 is 0 Å². The van der Waals surface area contributed by atoms with Gasteiger partial charge in [-0.3, -0.25) is 0 Å². The molecule has 2 rings (SSSR count). The number of hydrogen-bond donors (Lipinski definition) is 0. The van der Waals surface area contributed by atoms with E-state index in [0.717, 1.165) is 0 Å². The first-order valence-electron chi connectivity index (χ1n) is 7.27. The molecule has 1 fully saturated rings. The van der Waals surface area contributed by atoms with E-state index in [1.807, 2.05) is 0 Å². The molecule has 1 heterocycles. The van der Waals surface area contributed by atoms with Crippen LogP contribution in [0.4, 0.5) is 0 Å². The van der Waals surface area contributed by atoms with Crippen molar-refractivity contribution in [3.05, 3.63) is 12.2 Å². The Balaban J connectivity index is 1.65. The third-order valence-corrected chi connectivity index (χ3v) is 3.82. The Morgan fingerprint density at radius 1 is 0.625 bits per heavy atom. The Hall–Kier alpha value is -0.300. The Kier molecular flexibility index (Phi) is 5.41. The van der Waals surface area contributed by atoms with Gasteiger partial charge in [0.1, 0.15) is 0 Å². The summed E-state index contributed by atoms with van der Waals surface area (Å²) >= 11 is 0. The van der Waals surface area contributed by atoms with E-state index < -0.39 is 0 Å². The smallest absolute Gasteiger partial charge is 0.0841 e. The fraction of sp³-hybridized carbons (Fsp3) is 0.867. The van der Waals surface area contributed by atoms with Gasteiger partial charge >= 0.3 is 0 Å². The van der Waals surface area contributed by atoms with E-state index in [2.05, 4.69) is 12.2 Å². The molecule has 0 aromatic heterocycles. The zero-order chi connectivity index (χ0) is 11.1. The van der Waals surface area contributed by atoms with Gasteiger partial charge in [0.25, 0.3) is 0 Å². The van der Waals surface area contributed by atoms with Gasteiger partial charge in [-0.15, -0.1) is 0 Å². The zero-order valence-electron chi connectivity index (χ0n) is 10.5. The minimum atomic E-state index is 0.640. The Bertz CT molecular complexity index is 209. The predicted molar refractivity (Wildman–Crippen MR) is 68.6 cm³/mol. The molecule has 1 nitrogen and oxygen atoms in total. The maximum absolute atomic E-state index is 5.70. The first kappa shape index (κ1) is 12.2. The van der Waals surface area contributed by atoms with E-state index in [9.17, 15) is 0 Å². The minimum absolute atomic E-state index is 0.640. The molecule has 1 heteroatoms. The molecule has 0 amide bonds. The van der Waals surface area contributed by atoms with Gasteiger partial charge in [-0.1, -0.05) is 44.3 Å². The van der Waals surface area contributed by atoms with Crippen LogP contribution in [0.2, 0.25) is 0 Å². The van der Waals surface area contributed by atoms with Crippen LogP contribution in [0.3, 0.4) is 0 Å². The molecule has 0 bridgehead atoms. The highest BCUT2D eigenvalue weighted by atomic mass is 16.6. The molecule has 0 unspecified atom stereocenters. The van der Waals surface area contributed by atoms with Crippen LogP contribution in [0.5, 0.6) is 0 Å². The molecule has 0 aromatic carbocycles. The van der Waals surface area contributed by atoms with Gasteiger partial charge in [-0.05, 0) is 38.5 Å². The second-order valence-electron chi connectivity index (χ2n) is 5.31. The number of rotatable bonds is 0. The topological polar surface area (TPSA) is 12.5 Å². The molecule has 0 spiro atoms. The highest BCUT2D eigenvalue weighted by molar-refractivity contribution is 4.85. The third kappa shape index (κ3) is 4.69. The lowest BCUT2D eigenvalue weighted by molar-refractivity contribution is 0.348. The van der Waals surface area contributed by atoms with Gasteiger partial charge in [-0.25, -0.2) is 0 Å².